The molecule has 2 heteroatoms. The zero-order chi connectivity index (χ0) is 10.3. The number of hydrogen-bond donors (Lipinski definition) is 1. The third kappa shape index (κ3) is 1.30. The van der Waals surface area contributed by atoms with Crippen molar-refractivity contribution in [3.8, 4) is 0 Å². The third-order valence-corrected chi connectivity index (χ3v) is 2.87. The molecule has 1 aromatic carbocycles. The molecule has 0 saturated carbocycles. The van der Waals surface area contributed by atoms with E-state index in [1.165, 1.54) is 22.4 Å². The molecule has 0 fully saturated rings. The fraction of sp³-hybridized carbons (Fsp3) is 0.154. The summed E-state index contributed by atoms with van der Waals surface area (Å²) in [6.07, 6.45) is 2.81. The number of pyridine rings is 1. The van der Waals surface area contributed by atoms with Gasteiger partial charge in [-0.1, -0.05) is 24.3 Å². The van der Waals surface area contributed by atoms with Crippen molar-refractivity contribution in [3.63, 3.8) is 0 Å². The van der Waals surface area contributed by atoms with E-state index in [4.69, 9.17) is 0 Å². The van der Waals surface area contributed by atoms with Crippen molar-refractivity contribution in [1.29, 1.82) is 0 Å². The summed E-state index contributed by atoms with van der Waals surface area (Å²) in [4.78, 5) is 4.35. The van der Waals surface area contributed by atoms with Gasteiger partial charge in [-0.15, -0.1) is 0 Å². The molecule has 3 rings (SSSR count). The molecule has 0 spiro atoms. The van der Waals surface area contributed by atoms with Crippen LogP contribution in [0.4, 0.5) is 11.5 Å². The Balaban J connectivity index is 2.15. The lowest BCUT2D eigenvalue weighted by Crippen LogP contribution is -2.09. The quantitative estimate of drug-likeness (QED) is 0.597. The molecule has 2 nitrogen and oxygen atoms in total. The molecule has 1 aliphatic rings. The summed E-state index contributed by atoms with van der Waals surface area (Å²) in [6, 6.07) is 10.5. The molecule has 0 aliphatic carbocycles. The van der Waals surface area contributed by atoms with Gasteiger partial charge in [-0.05, 0) is 29.7 Å². The van der Waals surface area contributed by atoms with Crippen LogP contribution in [0.1, 0.15) is 16.7 Å². The Morgan fingerprint density at radius 2 is 2.00 bits per heavy atom. The van der Waals surface area contributed by atoms with Gasteiger partial charge in [0.05, 0.1) is 0 Å². The Labute approximate surface area is 89.0 Å². The van der Waals surface area contributed by atoms with Crippen LogP contribution in [0.2, 0.25) is 0 Å². The Morgan fingerprint density at radius 1 is 1.13 bits per heavy atom. The first-order valence-corrected chi connectivity index (χ1v) is 5.14. The first-order chi connectivity index (χ1) is 7.34. The van der Waals surface area contributed by atoms with Crippen LogP contribution in [-0.4, -0.2) is 4.98 Å². The predicted octanol–water partition coefficient (Wildman–Crippen LogP) is 3.04. The second kappa shape index (κ2) is 3.09. The summed E-state index contributed by atoms with van der Waals surface area (Å²) in [6.45, 7) is 2.12. The maximum absolute atomic E-state index is 4.35. The molecule has 0 bridgehead atoms. The van der Waals surface area contributed by atoms with Crippen molar-refractivity contribution in [2.75, 3.05) is 5.32 Å². The first-order valence-electron chi connectivity index (χ1n) is 5.14. The molecule has 0 saturated heterocycles. The van der Waals surface area contributed by atoms with Crippen molar-refractivity contribution in [2.45, 2.75) is 13.3 Å². The molecule has 1 N–H and O–H groups in total. The van der Waals surface area contributed by atoms with Gasteiger partial charge >= 0.3 is 0 Å². The fourth-order valence-corrected chi connectivity index (χ4v) is 2.07. The minimum absolute atomic E-state index is 0.979. The number of para-hydroxylation sites is 1. The van der Waals surface area contributed by atoms with Crippen molar-refractivity contribution >= 4 is 11.5 Å². The standard InChI is InChI=1S/C13H12N2/c1-9-4-2-5-10-8-11-6-3-7-14-13(11)15-12(9)10/h2-7H,8H2,1H3,(H,14,15). The minimum Gasteiger partial charge on any atom is -0.340 e. The molecular weight excluding hydrogens is 184 g/mol. The summed E-state index contributed by atoms with van der Waals surface area (Å²) >= 11 is 0. The first kappa shape index (κ1) is 8.48. The van der Waals surface area contributed by atoms with Gasteiger partial charge in [-0.2, -0.15) is 0 Å². The maximum atomic E-state index is 4.35. The van der Waals surface area contributed by atoms with Crippen LogP contribution in [-0.2, 0) is 6.42 Å². The van der Waals surface area contributed by atoms with E-state index in [1.54, 1.807) is 0 Å². The van der Waals surface area contributed by atoms with Crippen molar-refractivity contribution in [3.05, 3.63) is 53.2 Å². The molecule has 74 valence electrons. The van der Waals surface area contributed by atoms with Gasteiger partial charge < -0.3 is 5.32 Å². The Hall–Kier alpha value is -1.83. The lowest BCUT2D eigenvalue weighted by molar-refractivity contribution is 1.10. The number of aryl methyl sites for hydroxylation is 1. The van der Waals surface area contributed by atoms with Crippen LogP contribution in [0, 0.1) is 6.92 Å². The second-order valence-electron chi connectivity index (χ2n) is 3.92. The lowest BCUT2D eigenvalue weighted by Gasteiger charge is -2.21. The summed E-state index contributed by atoms with van der Waals surface area (Å²) in [5.41, 5.74) is 5.14. The van der Waals surface area contributed by atoms with Crippen molar-refractivity contribution in [2.24, 2.45) is 0 Å². The zero-order valence-electron chi connectivity index (χ0n) is 8.62. The van der Waals surface area contributed by atoms with Crippen LogP contribution in [0.3, 0.4) is 0 Å². The number of benzene rings is 1. The van der Waals surface area contributed by atoms with Crippen LogP contribution in [0.25, 0.3) is 0 Å². The molecule has 1 aliphatic heterocycles. The smallest absolute Gasteiger partial charge is 0.133 e. The number of nitrogens with one attached hydrogen (secondary N) is 1. The monoisotopic (exact) mass is 196 g/mol. The average molecular weight is 196 g/mol. The van der Waals surface area contributed by atoms with Crippen LogP contribution in [0.15, 0.2) is 36.5 Å². The van der Waals surface area contributed by atoms with E-state index in [0.717, 1.165) is 12.2 Å². The Morgan fingerprint density at radius 3 is 2.93 bits per heavy atom. The van der Waals surface area contributed by atoms with E-state index >= 15 is 0 Å². The molecule has 0 unspecified atom stereocenters. The fourth-order valence-electron chi connectivity index (χ4n) is 2.07. The van der Waals surface area contributed by atoms with Crippen LogP contribution >= 0.6 is 0 Å². The highest BCUT2D eigenvalue weighted by Gasteiger charge is 2.15. The second-order valence-corrected chi connectivity index (χ2v) is 3.92. The van der Waals surface area contributed by atoms with E-state index in [1.807, 2.05) is 12.3 Å². The van der Waals surface area contributed by atoms with E-state index in [0.29, 0.717) is 0 Å². The summed E-state index contributed by atoms with van der Waals surface area (Å²) < 4.78 is 0. The molecule has 1 aromatic heterocycles. The van der Waals surface area contributed by atoms with Gasteiger partial charge in [0.25, 0.3) is 0 Å². The number of anilines is 2. The molecular formula is C13H12N2. The summed E-state index contributed by atoms with van der Waals surface area (Å²) in [5, 5.41) is 3.40. The van der Waals surface area contributed by atoms with Gasteiger partial charge in [-0.3, -0.25) is 0 Å². The highest BCUT2D eigenvalue weighted by atomic mass is 15.0. The Kier molecular flexibility index (Phi) is 1.75. The largest absolute Gasteiger partial charge is 0.340 e. The number of rotatable bonds is 0. The molecule has 0 atom stereocenters. The number of hydrogen-bond acceptors (Lipinski definition) is 2. The molecule has 0 radical (unpaired) electrons. The van der Waals surface area contributed by atoms with Crippen molar-refractivity contribution in [1.82, 2.24) is 4.98 Å². The minimum atomic E-state index is 0.979. The highest BCUT2D eigenvalue weighted by Crippen LogP contribution is 2.32. The molecule has 2 heterocycles. The van der Waals surface area contributed by atoms with Gasteiger partial charge in [0.15, 0.2) is 0 Å². The molecule has 0 amide bonds. The number of nitrogens with zero attached hydrogens (tertiary/aromatic N) is 1. The van der Waals surface area contributed by atoms with Gasteiger partial charge in [-0.25, -0.2) is 4.98 Å². The van der Waals surface area contributed by atoms with Crippen molar-refractivity contribution < 1.29 is 0 Å². The number of fused-ring (bicyclic) bond motifs is 2. The third-order valence-electron chi connectivity index (χ3n) is 2.87. The normalized spacial score (nSPS) is 12.6. The molecule has 15 heavy (non-hydrogen) atoms. The number of aromatic nitrogens is 1. The maximum Gasteiger partial charge on any atom is 0.133 e. The van der Waals surface area contributed by atoms with E-state index in [2.05, 4.69) is 41.5 Å². The zero-order valence-corrected chi connectivity index (χ0v) is 8.62. The SMILES string of the molecule is Cc1cccc2c1Nc1ncccc1C2. The van der Waals surface area contributed by atoms with Crippen LogP contribution < -0.4 is 5.32 Å². The van der Waals surface area contributed by atoms with E-state index in [9.17, 15) is 0 Å². The van der Waals surface area contributed by atoms with Gasteiger partial charge in [0.1, 0.15) is 5.82 Å². The average Bonchev–Trinajstić information content (AvgIpc) is 2.27. The Bertz CT molecular complexity index is 518. The molecule has 2 aromatic rings. The van der Waals surface area contributed by atoms with Gasteiger partial charge in [0, 0.05) is 18.3 Å². The van der Waals surface area contributed by atoms with E-state index in [-0.39, 0.29) is 0 Å². The lowest BCUT2D eigenvalue weighted by atomic mass is 9.97. The summed E-state index contributed by atoms with van der Waals surface area (Å²) in [7, 11) is 0. The van der Waals surface area contributed by atoms with Crippen LogP contribution in [0.5, 0.6) is 0 Å². The topological polar surface area (TPSA) is 24.9 Å². The predicted molar refractivity (Wildman–Crippen MR) is 61.5 cm³/mol. The summed E-state index contributed by atoms with van der Waals surface area (Å²) in [5.74, 6) is 0.999. The van der Waals surface area contributed by atoms with Gasteiger partial charge in [0.2, 0.25) is 0 Å². The van der Waals surface area contributed by atoms with E-state index < -0.39 is 0 Å². The highest BCUT2D eigenvalue weighted by molar-refractivity contribution is 5.71.